The van der Waals surface area contributed by atoms with Gasteiger partial charge < -0.3 is 4.74 Å². The Morgan fingerprint density at radius 3 is 1.08 bits per heavy atom. The first-order valence-electron chi connectivity index (χ1n) is 8.42. The van der Waals surface area contributed by atoms with Crippen molar-refractivity contribution in [1.29, 1.82) is 0 Å². The third kappa shape index (κ3) is 6.16. The molecule has 0 radical (unpaired) electrons. The summed E-state index contributed by atoms with van der Waals surface area (Å²) in [6.07, 6.45) is 2.56. The summed E-state index contributed by atoms with van der Waals surface area (Å²) in [7, 11) is 0. The van der Waals surface area contributed by atoms with E-state index in [4.69, 9.17) is 4.74 Å². The molecule has 0 atom stereocenters. The Labute approximate surface area is 166 Å². The third-order valence-corrected chi connectivity index (χ3v) is 7.25. The van der Waals surface area contributed by atoms with Crippen LogP contribution < -0.4 is 13.3 Å². The molecule has 0 aromatic heterocycles. The van der Waals surface area contributed by atoms with Crippen molar-refractivity contribution in [2.45, 2.75) is 12.8 Å². The summed E-state index contributed by atoms with van der Waals surface area (Å²) in [5, 5.41) is 0. The van der Waals surface area contributed by atoms with Gasteiger partial charge in [-0.15, -0.1) is 0 Å². The molecule has 0 N–H and O–H groups in total. The van der Waals surface area contributed by atoms with E-state index >= 15 is 0 Å². The van der Waals surface area contributed by atoms with E-state index in [1.807, 2.05) is 0 Å². The first-order valence-corrected chi connectivity index (χ1v) is 10.3. The summed E-state index contributed by atoms with van der Waals surface area (Å²) in [5.41, 5.74) is 0. The molecule has 25 heavy (non-hydrogen) atoms. The van der Waals surface area contributed by atoms with Gasteiger partial charge in [-0.1, -0.05) is 0 Å². The van der Waals surface area contributed by atoms with Crippen LogP contribution in [-0.2, 0) is 36.2 Å². The second kappa shape index (κ2) is 11.3. The number of hydrogen-bond acceptors (Lipinski definition) is 1. The fraction of sp³-hybridized carbons (Fsp3) is 0.182. The molecule has 4 rings (SSSR count). The molecule has 0 unspecified atom stereocenters. The molecule has 0 aliphatic carbocycles. The van der Waals surface area contributed by atoms with Gasteiger partial charge in [-0.05, 0) is 12.8 Å². The third-order valence-electron chi connectivity index (χ3n) is 3.76. The van der Waals surface area contributed by atoms with E-state index in [0.29, 0.717) is 0 Å². The average molecular weight is 407 g/mol. The number of rotatable bonds is 3. The zero-order valence-corrected chi connectivity index (χ0v) is 16.8. The molecule has 1 aliphatic heterocycles. The fourth-order valence-corrected chi connectivity index (χ4v) is 5.87. The molecular weight excluding hydrogens is 384 g/mol. The Morgan fingerprint density at radius 1 is 0.520 bits per heavy atom. The zero-order valence-electron chi connectivity index (χ0n) is 14.2. The van der Waals surface area contributed by atoms with Crippen LogP contribution in [0.4, 0.5) is 0 Å². The summed E-state index contributed by atoms with van der Waals surface area (Å²) < 4.78 is 9.32. The van der Waals surface area contributed by atoms with Crippen molar-refractivity contribution >= 4 is 13.3 Å². The Hall–Kier alpha value is -1.32. The molecule has 1 fully saturated rings. The molecule has 3 aromatic carbocycles. The van der Waals surface area contributed by atoms with Crippen LogP contribution in [0.1, 0.15) is 12.8 Å². The van der Waals surface area contributed by atoms with Crippen LogP contribution in [-0.4, -0.2) is 13.2 Å². The van der Waals surface area contributed by atoms with Crippen LogP contribution in [0, 0.1) is 0 Å². The maximum absolute atomic E-state index is 4.94. The van der Waals surface area contributed by atoms with E-state index in [0.717, 1.165) is 13.2 Å². The van der Waals surface area contributed by atoms with E-state index in [-0.39, 0.29) is 17.4 Å². The predicted octanol–water partition coefficient (Wildman–Crippen LogP) is 3.38. The van der Waals surface area contributed by atoms with E-state index in [1.165, 1.54) is 26.1 Å². The van der Waals surface area contributed by atoms with Crippen LogP contribution in [0.5, 0.6) is 0 Å². The molecular formula is C22H23Cr2O. The second-order valence-corrected chi connectivity index (χ2v) is 8.73. The van der Waals surface area contributed by atoms with Gasteiger partial charge in [-0.3, -0.25) is 0 Å². The van der Waals surface area contributed by atoms with E-state index in [9.17, 15) is 0 Å². The molecule has 0 saturated carbocycles. The predicted molar refractivity (Wildman–Crippen MR) is 98.3 cm³/mol. The molecule has 129 valence electrons. The molecule has 3 aromatic rings. The van der Waals surface area contributed by atoms with Gasteiger partial charge in [0.2, 0.25) is 0 Å². The van der Waals surface area contributed by atoms with Crippen LogP contribution in [0.3, 0.4) is 0 Å². The fourth-order valence-electron chi connectivity index (χ4n) is 2.59. The van der Waals surface area contributed by atoms with Crippen molar-refractivity contribution in [3.05, 3.63) is 91.0 Å². The van der Waals surface area contributed by atoms with Crippen LogP contribution in [0.2, 0.25) is 0 Å². The standard InChI is InChI=1S/3C6H5.C4H8O.2Cr/c3*1-2-4-6-5-3-1;1-2-4-5-3-1;;/h3*1-5H;1-4H2;;. The van der Waals surface area contributed by atoms with Crippen molar-refractivity contribution in [2.24, 2.45) is 0 Å². The second-order valence-electron chi connectivity index (χ2n) is 5.56. The minimum atomic E-state index is -1.15. The van der Waals surface area contributed by atoms with E-state index in [1.54, 1.807) is 0 Å². The molecule has 3 heteroatoms. The first kappa shape index (κ1) is 20.0. The molecule has 1 heterocycles. The van der Waals surface area contributed by atoms with Crippen molar-refractivity contribution in [2.75, 3.05) is 13.2 Å². The summed E-state index contributed by atoms with van der Waals surface area (Å²) >= 11 is -1.15. The summed E-state index contributed by atoms with van der Waals surface area (Å²) in [6, 6.07) is 32.6. The van der Waals surface area contributed by atoms with Crippen molar-refractivity contribution in [3.8, 4) is 0 Å². The van der Waals surface area contributed by atoms with E-state index < -0.39 is 14.1 Å². The maximum atomic E-state index is 4.94. The van der Waals surface area contributed by atoms with Gasteiger partial charge in [-0.2, -0.15) is 0 Å². The average Bonchev–Trinajstić information content (AvgIpc) is 3.25. The summed E-state index contributed by atoms with van der Waals surface area (Å²) in [4.78, 5) is 0. The number of benzene rings is 3. The number of hydrogen-bond donors (Lipinski definition) is 0. The molecule has 0 spiro atoms. The molecule has 0 bridgehead atoms. The van der Waals surface area contributed by atoms with E-state index in [2.05, 4.69) is 91.0 Å². The van der Waals surface area contributed by atoms with Gasteiger partial charge in [-0.25, -0.2) is 0 Å². The Balaban J connectivity index is 0.000000325. The topological polar surface area (TPSA) is 9.23 Å². The Kier molecular flexibility index (Phi) is 9.06. The molecule has 0 amide bonds. The quantitative estimate of drug-likeness (QED) is 0.647. The minimum absolute atomic E-state index is 0. The summed E-state index contributed by atoms with van der Waals surface area (Å²) in [5.74, 6) is 0. The van der Waals surface area contributed by atoms with Crippen molar-refractivity contribution in [1.82, 2.24) is 0 Å². The first-order chi connectivity index (χ1) is 11.9. The monoisotopic (exact) mass is 407 g/mol. The van der Waals surface area contributed by atoms with Gasteiger partial charge in [0, 0.05) is 30.6 Å². The molecule has 1 saturated heterocycles. The normalized spacial score (nSPS) is 12.8. The van der Waals surface area contributed by atoms with Crippen LogP contribution in [0.15, 0.2) is 91.0 Å². The Bertz CT molecular complexity index is 596. The van der Waals surface area contributed by atoms with Gasteiger partial charge in [0.15, 0.2) is 0 Å². The van der Waals surface area contributed by atoms with Crippen LogP contribution in [0.25, 0.3) is 0 Å². The van der Waals surface area contributed by atoms with Gasteiger partial charge in [0.1, 0.15) is 0 Å². The van der Waals surface area contributed by atoms with Gasteiger partial charge >= 0.3 is 118 Å². The SMILES string of the molecule is C1CCOC1.[Cr].c1cc[c]([Cr]([c]2ccccc2)[c]2ccccc2)cc1. The summed E-state index contributed by atoms with van der Waals surface area (Å²) in [6.45, 7) is 2.00. The molecule has 1 nitrogen and oxygen atoms in total. The van der Waals surface area contributed by atoms with Crippen molar-refractivity contribution < 1.29 is 36.2 Å². The number of ether oxygens (including phenoxy) is 1. The Morgan fingerprint density at radius 2 is 0.840 bits per heavy atom. The van der Waals surface area contributed by atoms with Crippen LogP contribution >= 0.6 is 0 Å². The van der Waals surface area contributed by atoms with Crippen molar-refractivity contribution in [3.63, 3.8) is 0 Å². The zero-order chi connectivity index (χ0) is 16.5. The van der Waals surface area contributed by atoms with Gasteiger partial charge in [0.05, 0.1) is 0 Å². The van der Waals surface area contributed by atoms with Gasteiger partial charge in [0.25, 0.3) is 0 Å². The molecule has 1 aliphatic rings.